The predicted octanol–water partition coefficient (Wildman–Crippen LogP) is -0.511. The molecule has 1 fully saturated rings. The number of aromatic nitrogens is 2. The molecule has 0 aliphatic carbocycles. The molecule has 0 bridgehead atoms. The second-order valence-electron chi connectivity index (χ2n) is 4.95. The minimum Gasteiger partial charge on any atom is -0.243 e. The monoisotopic (exact) mass is 346 g/mol. The van der Waals surface area contributed by atoms with E-state index in [1.54, 1.807) is 12.1 Å². The Morgan fingerprint density at radius 1 is 1.00 bits per heavy atom. The zero-order chi connectivity index (χ0) is 16.0. The zero-order valence-corrected chi connectivity index (χ0v) is 13.3. The van der Waals surface area contributed by atoms with Crippen molar-refractivity contribution in [1.82, 2.24) is 18.9 Å². The summed E-state index contributed by atoms with van der Waals surface area (Å²) in [6.07, 6.45) is 1.11. The minimum atomic E-state index is -3.78. The first-order valence-corrected chi connectivity index (χ1v) is 9.75. The molecule has 0 radical (unpaired) electrons. The van der Waals surface area contributed by atoms with E-state index >= 15 is 0 Å². The van der Waals surface area contributed by atoms with Gasteiger partial charge in [0, 0.05) is 26.2 Å². The van der Waals surface area contributed by atoms with Crippen molar-refractivity contribution in [3.05, 3.63) is 18.2 Å². The Morgan fingerprint density at radius 3 is 2.27 bits per heavy atom. The summed E-state index contributed by atoms with van der Waals surface area (Å²) >= 11 is 0. The van der Waals surface area contributed by atoms with Crippen LogP contribution < -0.4 is 0 Å². The number of piperazine rings is 1. The first kappa shape index (κ1) is 15.3. The van der Waals surface area contributed by atoms with E-state index in [0.29, 0.717) is 5.52 Å². The van der Waals surface area contributed by atoms with E-state index in [0.717, 1.165) is 6.26 Å². The van der Waals surface area contributed by atoms with Crippen molar-refractivity contribution in [2.24, 2.45) is 0 Å². The van der Waals surface area contributed by atoms with Gasteiger partial charge in [0.2, 0.25) is 20.0 Å². The molecule has 0 atom stereocenters. The molecule has 22 heavy (non-hydrogen) atoms. The third-order valence-corrected chi connectivity index (χ3v) is 6.77. The fourth-order valence-corrected chi connectivity index (χ4v) is 4.76. The Labute approximate surface area is 127 Å². The van der Waals surface area contributed by atoms with E-state index in [1.165, 1.54) is 14.7 Å². The van der Waals surface area contributed by atoms with E-state index < -0.39 is 20.0 Å². The molecule has 1 aromatic carbocycles. The lowest BCUT2D eigenvalue weighted by Crippen LogP contribution is -2.50. The van der Waals surface area contributed by atoms with Gasteiger partial charge in [-0.25, -0.2) is 21.5 Å². The van der Waals surface area contributed by atoms with Crippen LogP contribution in [0.3, 0.4) is 0 Å². The summed E-state index contributed by atoms with van der Waals surface area (Å²) in [5, 5.41) is 7.26. The van der Waals surface area contributed by atoms with Crippen LogP contribution in [0.1, 0.15) is 0 Å². The van der Waals surface area contributed by atoms with Crippen molar-refractivity contribution in [1.29, 1.82) is 0 Å². The molecule has 0 saturated carbocycles. The first-order chi connectivity index (χ1) is 10.3. The molecular formula is C11H14N4O5S2. The predicted molar refractivity (Wildman–Crippen MR) is 77.0 cm³/mol. The van der Waals surface area contributed by atoms with Crippen molar-refractivity contribution >= 4 is 31.1 Å². The van der Waals surface area contributed by atoms with Crippen LogP contribution in [0.25, 0.3) is 11.0 Å². The Balaban J connectivity index is 1.90. The van der Waals surface area contributed by atoms with Crippen LogP contribution in [0.2, 0.25) is 0 Å². The molecule has 11 heteroatoms. The fourth-order valence-electron chi connectivity index (χ4n) is 2.37. The highest BCUT2D eigenvalue weighted by Crippen LogP contribution is 2.24. The van der Waals surface area contributed by atoms with Crippen LogP contribution in [-0.2, 0) is 20.0 Å². The fraction of sp³-hybridized carbons (Fsp3) is 0.455. The van der Waals surface area contributed by atoms with Gasteiger partial charge in [0.05, 0.1) is 6.26 Å². The lowest BCUT2D eigenvalue weighted by Gasteiger charge is -2.32. The van der Waals surface area contributed by atoms with Gasteiger partial charge in [0.15, 0.2) is 5.52 Å². The van der Waals surface area contributed by atoms with Crippen molar-refractivity contribution < 1.29 is 21.5 Å². The average molecular weight is 346 g/mol. The summed E-state index contributed by atoms with van der Waals surface area (Å²) in [5.41, 5.74) is 0.531. The van der Waals surface area contributed by atoms with E-state index in [2.05, 4.69) is 14.9 Å². The maximum absolute atomic E-state index is 12.7. The second kappa shape index (κ2) is 5.26. The van der Waals surface area contributed by atoms with Crippen LogP contribution in [0.15, 0.2) is 27.7 Å². The molecule has 0 unspecified atom stereocenters. The Morgan fingerprint density at radius 2 is 1.64 bits per heavy atom. The summed E-state index contributed by atoms with van der Waals surface area (Å²) in [7, 11) is -7.09. The van der Waals surface area contributed by atoms with Crippen molar-refractivity contribution in [3.63, 3.8) is 0 Å². The number of sulfonamides is 2. The highest BCUT2D eigenvalue weighted by Gasteiger charge is 2.33. The molecule has 1 aromatic heterocycles. The summed E-state index contributed by atoms with van der Waals surface area (Å²) in [5.74, 6) is 0. The van der Waals surface area contributed by atoms with Gasteiger partial charge in [-0.3, -0.25) is 0 Å². The molecule has 9 nitrogen and oxygen atoms in total. The molecular weight excluding hydrogens is 332 g/mol. The molecule has 1 saturated heterocycles. The van der Waals surface area contributed by atoms with E-state index in [4.69, 9.17) is 0 Å². The highest BCUT2D eigenvalue weighted by molar-refractivity contribution is 7.89. The number of nitrogens with zero attached hydrogens (tertiary/aromatic N) is 4. The summed E-state index contributed by atoms with van der Waals surface area (Å²) in [6, 6.07) is 4.60. The average Bonchev–Trinajstić information content (AvgIpc) is 2.94. The maximum atomic E-state index is 12.7. The Hall–Kier alpha value is -1.56. The molecule has 2 aromatic rings. The SMILES string of the molecule is CS(=O)(=O)N1CCN(S(=O)(=O)c2cccc3nonc23)CC1. The summed E-state index contributed by atoms with van der Waals surface area (Å²) in [6.45, 7) is 0.449. The maximum Gasteiger partial charge on any atom is 0.245 e. The van der Waals surface area contributed by atoms with Gasteiger partial charge >= 0.3 is 0 Å². The Kier molecular flexibility index (Phi) is 3.67. The number of fused-ring (bicyclic) bond motifs is 1. The van der Waals surface area contributed by atoms with E-state index in [9.17, 15) is 16.8 Å². The van der Waals surface area contributed by atoms with Gasteiger partial charge in [-0.2, -0.15) is 8.61 Å². The van der Waals surface area contributed by atoms with Gasteiger partial charge in [0.1, 0.15) is 10.4 Å². The number of hydrogen-bond donors (Lipinski definition) is 0. The van der Waals surface area contributed by atoms with Gasteiger partial charge in [0.25, 0.3) is 0 Å². The number of rotatable bonds is 3. The molecule has 0 spiro atoms. The molecule has 0 N–H and O–H groups in total. The van der Waals surface area contributed by atoms with Gasteiger partial charge in [-0.15, -0.1) is 0 Å². The zero-order valence-electron chi connectivity index (χ0n) is 11.7. The lowest BCUT2D eigenvalue weighted by atomic mass is 10.3. The molecule has 0 amide bonds. The summed E-state index contributed by atoms with van der Waals surface area (Å²) in [4.78, 5) is 0.0130. The Bertz CT molecular complexity index is 897. The number of benzene rings is 1. The van der Waals surface area contributed by atoms with Crippen LogP contribution in [0, 0.1) is 0 Å². The van der Waals surface area contributed by atoms with E-state index in [1.807, 2.05) is 0 Å². The lowest BCUT2D eigenvalue weighted by molar-refractivity contribution is 0.274. The quantitative estimate of drug-likeness (QED) is 0.735. The van der Waals surface area contributed by atoms with Crippen LogP contribution in [0.5, 0.6) is 0 Å². The minimum absolute atomic E-state index is 0.0130. The standard InChI is InChI=1S/C11H14N4O5S2/c1-21(16,17)14-5-7-15(8-6-14)22(18,19)10-4-2-3-9-11(10)13-20-12-9/h2-4H,5-8H2,1H3. The molecule has 3 rings (SSSR count). The van der Waals surface area contributed by atoms with Crippen LogP contribution in [-0.4, -0.2) is 68.2 Å². The first-order valence-electron chi connectivity index (χ1n) is 6.47. The van der Waals surface area contributed by atoms with Crippen molar-refractivity contribution in [2.75, 3.05) is 32.4 Å². The van der Waals surface area contributed by atoms with Gasteiger partial charge in [-0.1, -0.05) is 6.07 Å². The highest BCUT2D eigenvalue weighted by atomic mass is 32.2. The van der Waals surface area contributed by atoms with Crippen LogP contribution in [0.4, 0.5) is 0 Å². The topological polar surface area (TPSA) is 114 Å². The van der Waals surface area contributed by atoms with Gasteiger partial charge in [-0.05, 0) is 22.4 Å². The largest absolute Gasteiger partial charge is 0.245 e. The number of hydrogen-bond acceptors (Lipinski definition) is 7. The normalized spacial score (nSPS) is 18.8. The van der Waals surface area contributed by atoms with Crippen molar-refractivity contribution in [2.45, 2.75) is 4.90 Å². The van der Waals surface area contributed by atoms with E-state index in [-0.39, 0.29) is 36.6 Å². The molecule has 1 aliphatic rings. The second-order valence-corrected chi connectivity index (χ2v) is 8.84. The third-order valence-electron chi connectivity index (χ3n) is 3.53. The van der Waals surface area contributed by atoms with Crippen molar-refractivity contribution in [3.8, 4) is 0 Å². The molecule has 2 heterocycles. The van der Waals surface area contributed by atoms with Crippen LogP contribution >= 0.6 is 0 Å². The third kappa shape index (κ3) is 2.60. The molecule has 120 valence electrons. The smallest absolute Gasteiger partial charge is 0.243 e. The van der Waals surface area contributed by atoms with Gasteiger partial charge < -0.3 is 0 Å². The molecule has 1 aliphatic heterocycles. The summed E-state index contributed by atoms with van der Waals surface area (Å²) < 4.78 is 55.5.